The van der Waals surface area contributed by atoms with E-state index in [9.17, 15) is 0 Å². The predicted molar refractivity (Wildman–Crippen MR) is 95.0 cm³/mol. The molecule has 21 heavy (non-hydrogen) atoms. The van der Waals surface area contributed by atoms with Crippen LogP contribution in [0.5, 0.6) is 0 Å². The molecule has 1 fully saturated rings. The van der Waals surface area contributed by atoms with Crippen LogP contribution in [0.4, 0.5) is 0 Å². The van der Waals surface area contributed by atoms with Crippen molar-refractivity contribution >= 4 is 11.8 Å². The summed E-state index contributed by atoms with van der Waals surface area (Å²) in [5.41, 5.74) is 1.42. The van der Waals surface area contributed by atoms with Crippen molar-refractivity contribution in [3.8, 4) is 0 Å². The van der Waals surface area contributed by atoms with E-state index in [1.807, 2.05) is 0 Å². The van der Waals surface area contributed by atoms with Gasteiger partial charge in [-0.15, -0.1) is 0 Å². The lowest BCUT2D eigenvalue weighted by Gasteiger charge is -2.42. The Balaban J connectivity index is 1.95. The second-order valence-electron chi connectivity index (χ2n) is 6.23. The molecule has 1 aliphatic rings. The molecule has 0 spiro atoms. The monoisotopic (exact) mass is 306 g/mol. The van der Waals surface area contributed by atoms with Gasteiger partial charge in [0.1, 0.15) is 0 Å². The van der Waals surface area contributed by atoms with Crippen LogP contribution in [-0.2, 0) is 0 Å². The fourth-order valence-electron chi connectivity index (χ4n) is 3.16. The van der Waals surface area contributed by atoms with Gasteiger partial charge in [-0.2, -0.15) is 11.8 Å². The van der Waals surface area contributed by atoms with Crippen LogP contribution in [-0.4, -0.2) is 42.1 Å². The molecule has 0 aromatic heterocycles. The zero-order valence-electron chi connectivity index (χ0n) is 13.7. The van der Waals surface area contributed by atoms with Crippen LogP contribution in [0.25, 0.3) is 0 Å². The first kappa shape index (κ1) is 16.9. The second kappa shape index (κ2) is 8.82. The fraction of sp³-hybridized carbons (Fsp3) is 0.667. The number of hydrogen-bond acceptors (Lipinski definition) is 3. The molecule has 1 aliphatic heterocycles. The Bertz CT molecular complexity index is 393. The van der Waals surface area contributed by atoms with Gasteiger partial charge in [0.15, 0.2) is 0 Å². The molecule has 1 saturated heterocycles. The first-order chi connectivity index (χ1) is 10.2. The average Bonchev–Trinajstić information content (AvgIpc) is 2.52. The van der Waals surface area contributed by atoms with E-state index in [-0.39, 0.29) is 0 Å². The largest absolute Gasteiger partial charge is 0.307 e. The van der Waals surface area contributed by atoms with Gasteiger partial charge in [-0.25, -0.2) is 0 Å². The average molecular weight is 307 g/mol. The van der Waals surface area contributed by atoms with Crippen LogP contribution in [0.15, 0.2) is 30.3 Å². The molecule has 118 valence electrons. The van der Waals surface area contributed by atoms with Gasteiger partial charge >= 0.3 is 0 Å². The van der Waals surface area contributed by atoms with Gasteiger partial charge in [-0.3, -0.25) is 4.90 Å². The van der Waals surface area contributed by atoms with Gasteiger partial charge in [0.25, 0.3) is 0 Å². The van der Waals surface area contributed by atoms with Crippen molar-refractivity contribution in [3.05, 3.63) is 35.9 Å². The van der Waals surface area contributed by atoms with Crippen molar-refractivity contribution in [1.29, 1.82) is 0 Å². The van der Waals surface area contributed by atoms with E-state index >= 15 is 0 Å². The molecule has 0 saturated carbocycles. The van der Waals surface area contributed by atoms with Crippen molar-refractivity contribution in [2.24, 2.45) is 5.92 Å². The molecule has 2 nitrogen and oxygen atoms in total. The summed E-state index contributed by atoms with van der Waals surface area (Å²) in [4.78, 5) is 2.72. The van der Waals surface area contributed by atoms with Crippen LogP contribution in [0, 0.1) is 5.92 Å². The second-order valence-corrected chi connectivity index (χ2v) is 7.62. The molecule has 0 aliphatic carbocycles. The molecular formula is C18H30N2S. The van der Waals surface area contributed by atoms with Gasteiger partial charge in [0.05, 0.1) is 0 Å². The highest BCUT2D eigenvalue weighted by Gasteiger charge is 2.29. The summed E-state index contributed by atoms with van der Waals surface area (Å²) in [7, 11) is 0. The van der Waals surface area contributed by atoms with Crippen LogP contribution in [0.2, 0.25) is 0 Å². The summed E-state index contributed by atoms with van der Waals surface area (Å²) in [5, 5.41) is 3.75. The van der Waals surface area contributed by atoms with Crippen LogP contribution >= 0.6 is 11.8 Å². The third kappa shape index (κ3) is 5.01. The van der Waals surface area contributed by atoms with E-state index in [1.165, 1.54) is 30.0 Å². The first-order valence-electron chi connectivity index (χ1n) is 8.32. The van der Waals surface area contributed by atoms with Gasteiger partial charge < -0.3 is 5.32 Å². The number of nitrogens with zero attached hydrogens (tertiary/aromatic N) is 1. The molecule has 0 amide bonds. The molecule has 2 rings (SSSR count). The smallest absolute Gasteiger partial charge is 0.0449 e. The third-order valence-electron chi connectivity index (χ3n) is 4.37. The first-order valence-corrected chi connectivity index (χ1v) is 9.48. The van der Waals surface area contributed by atoms with E-state index in [2.05, 4.69) is 73.1 Å². The normalized spacial score (nSPS) is 23.6. The summed E-state index contributed by atoms with van der Waals surface area (Å²) in [6, 6.07) is 12.1. The number of thioether (sulfide) groups is 1. The molecule has 0 bridgehead atoms. The number of rotatable bonds is 7. The minimum absolute atomic E-state index is 0.486. The van der Waals surface area contributed by atoms with Crippen molar-refractivity contribution < 1.29 is 0 Å². The summed E-state index contributed by atoms with van der Waals surface area (Å²) in [6.45, 7) is 10.4. The van der Waals surface area contributed by atoms with Gasteiger partial charge in [0.2, 0.25) is 0 Å². The van der Waals surface area contributed by atoms with Crippen molar-refractivity contribution in [3.63, 3.8) is 0 Å². The van der Waals surface area contributed by atoms with Gasteiger partial charge in [-0.05, 0) is 36.0 Å². The van der Waals surface area contributed by atoms with E-state index in [0.29, 0.717) is 18.0 Å². The molecule has 1 heterocycles. The third-order valence-corrected chi connectivity index (χ3v) is 5.35. The summed E-state index contributed by atoms with van der Waals surface area (Å²) in [6.07, 6.45) is 1.31. The lowest BCUT2D eigenvalue weighted by Crippen LogP contribution is -2.55. The minimum atomic E-state index is 0.486. The summed E-state index contributed by atoms with van der Waals surface area (Å²) >= 11 is 2.06. The maximum Gasteiger partial charge on any atom is 0.0449 e. The Morgan fingerprint density at radius 1 is 1.29 bits per heavy atom. The van der Waals surface area contributed by atoms with E-state index in [1.54, 1.807) is 0 Å². The van der Waals surface area contributed by atoms with Gasteiger partial charge in [-0.1, -0.05) is 51.1 Å². The number of nitrogens with one attached hydrogen (secondary N) is 1. The minimum Gasteiger partial charge on any atom is -0.307 e. The molecule has 1 aromatic rings. The highest BCUT2D eigenvalue weighted by atomic mass is 32.2. The number of hydrogen-bond donors (Lipinski definition) is 1. The Morgan fingerprint density at radius 3 is 2.71 bits per heavy atom. The molecule has 2 atom stereocenters. The van der Waals surface area contributed by atoms with Crippen LogP contribution < -0.4 is 5.32 Å². The zero-order chi connectivity index (χ0) is 15.1. The molecule has 3 heteroatoms. The zero-order valence-corrected chi connectivity index (χ0v) is 14.5. The summed E-state index contributed by atoms with van der Waals surface area (Å²) < 4.78 is 0. The van der Waals surface area contributed by atoms with Crippen LogP contribution in [0.3, 0.4) is 0 Å². The number of piperazine rings is 1. The molecule has 2 unspecified atom stereocenters. The van der Waals surface area contributed by atoms with Crippen molar-refractivity contribution in [1.82, 2.24) is 10.2 Å². The number of benzene rings is 1. The molecule has 1 aromatic carbocycles. The van der Waals surface area contributed by atoms with Gasteiger partial charge in [0, 0.05) is 25.2 Å². The predicted octanol–water partition coefficient (Wildman–Crippen LogP) is 3.80. The van der Waals surface area contributed by atoms with Crippen LogP contribution in [0.1, 0.15) is 38.8 Å². The quantitative estimate of drug-likeness (QED) is 0.771. The Morgan fingerprint density at radius 2 is 2.05 bits per heavy atom. The molecular weight excluding hydrogens is 276 g/mol. The maximum atomic E-state index is 3.75. The van der Waals surface area contributed by atoms with E-state index in [4.69, 9.17) is 0 Å². The van der Waals surface area contributed by atoms with Crippen molar-refractivity contribution in [2.75, 3.05) is 31.1 Å². The topological polar surface area (TPSA) is 15.3 Å². The van der Waals surface area contributed by atoms with E-state index < -0.39 is 0 Å². The Labute approximate surface area is 134 Å². The highest BCUT2D eigenvalue weighted by molar-refractivity contribution is 7.99. The Kier molecular flexibility index (Phi) is 7.08. The molecule has 1 N–H and O–H groups in total. The van der Waals surface area contributed by atoms with E-state index in [0.717, 1.165) is 13.1 Å². The maximum absolute atomic E-state index is 3.75. The summed E-state index contributed by atoms with van der Waals surface area (Å²) in [5.74, 6) is 3.25. The highest BCUT2D eigenvalue weighted by Crippen LogP contribution is 2.23. The lowest BCUT2D eigenvalue weighted by molar-refractivity contribution is 0.0989. The lowest BCUT2D eigenvalue weighted by atomic mass is 9.95. The van der Waals surface area contributed by atoms with Crippen molar-refractivity contribution in [2.45, 2.75) is 39.3 Å². The molecule has 0 radical (unpaired) electrons. The SMILES string of the molecule is CCSCCCN1CC(c2ccccc2)NCC1C(C)C. The standard InChI is InChI=1S/C18H30N2S/c1-4-21-12-8-11-20-14-17(16-9-6-5-7-10-16)19-13-18(20)15(2)3/h5-7,9-10,15,17-19H,4,8,11-14H2,1-3H3. The Hall–Kier alpha value is -0.510. The fourth-order valence-corrected chi connectivity index (χ4v) is 3.79.